The summed E-state index contributed by atoms with van der Waals surface area (Å²) >= 11 is 0. The second kappa shape index (κ2) is 7.06. The van der Waals surface area contributed by atoms with Crippen molar-refractivity contribution in [3.8, 4) is 0 Å². The molecule has 0 aliphatic rings. The zero-order valence-corrected chi connectivity index (χ0v) is 10.4. The molecular formula is C15H14N2O2. The number of ether oxygens (including phenoxy) is 1. The van der Waals surface area contributed by atoms with Crippen molar-refractivity contribution in [2.45, 2.75) is 13.2 Å². The highest BCUT2D eigenvalue weighted by Crippen LogP contribution is 2.03. The number of nitrogens with zero attached hydrogens (tertiary/aromatic N) is 2. The molecule has 4 nitrogen and oxygen atoms in total. The largest absolute Gasteiger partial charge is 0.452 e. The third-order valence-electron chi connectivity index (χ3n) is 2.45. The van der Waals surface area contributed by atoms with E-state index in [1.807, 2.05) is 60.7 Å². The van der Waals surface area contributed by atoms with E-state index in [2.05, 4.69) is 10.2 Å². The van der Waals surface area contributed by atoms with Crippen LogP contribution in [-0.2, 0) is 17.9 Å². The summed E-state index contributed by atoms with van der Waals surface area (Å²) in [4.78, 5) is 11.3. The van der Waals surface area contributed by atoms with E-state index in [-0.39, 0.29) is 6.61 Å². The van der Waals surface area contributed by atoms with Gasteiger partial charge in [-0.15, -0.1) is 0 Å². The molecule has 2 rings (SSSR count). The Morgan fingerprint density at radius 2 is 1.47 bits per heavy atom. The molecule has 1 amide bonds. The van der Waals surface area contributed by atoms with Crippen molar-refractivity contribution >= 4 is 6.09 Å². The quantitative estimate of drug-likeness (QED) is 0.775. The van der Waals surface area contributed by atoms with E-state index in [0.29, 0.717) is 6.54 Å². The molecule has 0 fully saturated rings. The van der Waals surface area contributed by atoms with Crippen molar-refractivity contribution in [3.05, 3.63) is 71.8 Å². The fraction of sp³-hybridized carbons (Fsp3) is 0.133. The molecule has 19 heavy (non-hydrogen) atoms. The van der Waals surface area contributed by atoms with Crippen LogP contribution in [0.25, 0.3) is 0 Å². The van der Waals surface area contributed by atoms with Crippen LogP contribution in [0.5, 0.6) is 0 Å². The van der Waals surface area contributed by atoms with E-state index >= 15 is 0 Å². The summed E-state index contributed by atoms with van der Waals surface area (Å²) in [5.74, 6) is 0. The molecule has 2 aromatic carbocycles. The van der Waals surface area contributed by atoms with Crippen LogP contribution in [0.2, 0.25) is 0 Å². The maximum absolute atomic E-state index is 11.3. The molecule has 0 heterocycles. The normalized spacial score (nSPS) is 10.5. The molecule has 0 bridgehead atoms. The van der Waals surface area contributed by atoms with Crippen molar-refractivity contribution < 1.29 is 9.53 Å². The van der Waals surface area contributed by atoms with Crippen LogP contribution >= 0.6 is 0 Å². The predicted molar refractivity (Wildman–Crippen MR) is 71.6 cm³/mol. The van der Waals surface area contributed by atoms with E-state index < -0.39 is 6.09 Å². The summed E-state index contributed by atoms with van der Waals surface area (Å²) in [5.41, 5.74) is 1.93. The average molecular weight is 254 g/mol. The molecule has 0 N–H and O–H groups in total. The molecule has 96 valence electrons. The summed E-state index contributed by atoms with van der Waals surface area (Å²) in [5, 5.41) is 7.30. The molecule has 0 unspecified atom stereocenters. The lowest BCUT2D eigenvalue weighted by molar-refractivity contribution is 0.148. The molecule has 0 spiro atoms. The average Bonchev–Trinajstić information content (AvgIpc) is 2.47. The molecule has 0 radical (unpaired) electrons. The summed E-state index contributed by atoms with van der Waals surface area (Å²) in [7, 11) is 0. The summed E-state index contributed by atoms with van der Waals surface area (Å²) in [6, 6.07) is 19.1. The molecule has 0 aliphatic heterocycles. The molecule has 0 saturated carbocycles. The van der Waals surface area contributed by atoms with Crippen molar-refractivity contribution in [1.82, 2.24) is 0 Å². The molecular weight excluding hydrogens is 240 g/mol. The van der Waals surface area contributed by atoms with Crippen LogP contribution in [0.15, 0.2) is 70.9 Å². The Morgan fingerprint density at radius 3 is 2.11 bits per heavy atom. The van der Waals surface area contributed by atoms with E-state index in [4.69, 9.17) is 4.74 Å². The Morgan fingerprint density at radius 1 is 0.895 bits per heavy atom. The van der Waals surface area contributed by atoms with Gasteiger partial charge in [0, 0.05) is 0 Å². The summed E-state index contributed by atoms with van der Waals surface area (Å²) < 4.78 is 4.97. The number of rotatable bonds is 4. The van der Waals surface area contributed by atoms with Crippen LogP contribution in [0, 0.1) is 0 Å². The zero-order valence-electron chi connectivity index (χ0n) is 10.4. The molecule has 0 aliphatic carbocycles. The zero-order chi connectivity index (χ0) is 13.3. The molecule has 0 atom stereocenters. The Balaban J connectivity index is 1.75. The minimum absolute atomic E-state index is 0.212. The molecule has 0 aromatic heterocycles. The number of amides is 1. The highest BCUT2D eigenvalue weighted by molar-refractivity contribution is 5.67. The Bertz CT molecular complexity index is 539. The number of azo groups is 1. The predicted octanol–water partition coefficient (Wildman–Crippen LogP) is 3.98. The maximum Gasteiger partial charge on any atom is 0.452 e. The van der Waals surface area contributed by atoms with Crippen molar-refractivity contribution in [2.24, 2.45) is 10.2 Å². The molecule has 4 heteroatoms. The third kappa shape index (κ3) is 4.71. The molecule has 0 saturated heterocycles. The van der Waals surface area contributed by atoms with Gasteiger partial charge in [0.25, 0.3) is 0 Å². The highest BCUT2D eigenvalue weighted by Gasteiger charge is 2.00. The second-order valence-electron chi connectivity index (χ2n) is 3.93. The van der Waals surface area contributed by atoms with Gasteiger partial charge < -0.3 is 4.74 Å². The Kier molecular flexibility index (Phi) is 4.81. The lowest BCUT2D eigenvalue weighted by atomic mass is 10.2. The Hall–Kier alpha value is -2.49. The lowest BCUT2D eigenvalue weighted by Gasteiger charge is -2.00. The number of hydrogen-bond acceptors (Lipinski definition) is 3. The van der Waals surface area contributed by atoms with Crippen LogP contribution in [0.1, 0.15) is 11.1 Å². The number of carbonyl (C=O) groups is 1. The first-order valence-electron chi connectivity index (χ1n) is 5.97. The first-order valence-corrected chi connectivity index (χ1v) is 5.97. The smallest absolute Gasteiger partial charge is 0.442 e. The molecule has 2 aromatic rings. The second-order valence-corrected chi connectivity index (χ2v) is 3.93. The summed E-state index contributed by atoms with van der Waals surface area (Å²) in [6.07, 6.45) is -0.667. The van der Waals surface area contributed by atoms with E-state index in [1.165, 1.54) is 0 Å². The standard InChI is InChI=1S/C15H14N2O2/c18-15(19-12-14-9-5-2-6-10-14)17-16-11-13-7-3-1-4-8-13/h1-10H,11-12H2. The SMILES string of the molecule is O=C(N=NCc1ccccc1)OCc1ccccc1. The third-order valence-corrected chi connectivity index (χ3v) is 2.45. The first kappa shape index (κ1) is 13.0. The minimum atomic E-state index is -0.667. The van der Waals surface area contributed by atoms with Gasteiger partial charge in [0.05, 0.1) is 6.54 Å². The monoisotopic (exact) mass is 254 g/mol. The van der Waals surface area contributed by atoms with Crippen LogP contribution in [0.4, 0.5) is 4.79 Å². The van der Waals surface area contributed by atoms with Gasteiger partial charge in [-0.05, 0) is 11.1 Å². The van der Waals surface area contributed by atoms with E-state index in [9.17, 15) is 4.79 Å². The topological polar surface area (TPSA) is 51.0 Å². The number of hydrogen-bond donors (Lipinski definition) is 0. The van der Waals surface area contributed by atoms with Gasteiger partial charge in [-0.3, -0.25) is 0 Å². The fourth-order valence-electron chi connectivity index (χ4n) is 1.51. The van der Waals surface area contributed by atoms with Crippen molar-refractivity contribution in [2.75, 3.05) is 0 Å². The van der Waals surface area contributed by atoms with Crippen LogP contribution in [-0.4, -0.2) is 6.09 Å². The van der Waals surface area contributed by atoms with Crippen LogP contribution in [0.3, 0.4) is 0 Å². The van der Waals surface area contributed by atoms with Gasteiger partial charge in [-0.25, -0.2) is 4.79 Å². The fourth-order valence-corrected chi connectivity index (χ4v) is 1.51. The number of benzene rings is 2. The van der Waals surface area contributed by atoms with Gasteiger partial charge in [-0.2, -0.15) is 5.11 Å². The van der Waals surface area contributed by atoms with Gasteiger partial charge in [-0.1, -0.05) is 65.8 Å². The van der Waals surface area contributed by atoms with Gasteiger partial charge >= 0.3 is 6.09 Å². The van der Waals surface area contributed by atoms with Crippen molar-refractivity contribution in [1.29, 1.82) is 0 Å². The maximum atomic E-state index is 11.3. The highest BCUT2D eigenvalue weighted by atomic mass is 16.5. The minimum Gasteiger partial charge on any atom is -0.442 e. The Labute approximate surface area is 111 Å². The van der Waals surface area contributed by atoms with Gasteiger partial charge in [0.15, 0.2) is 0 Å². The summed E-state index contributed by atoms with van der Waals surface area (Å²) in [6.45, 7) is 0.589. The number of carbonyl (C=O) groups excluding carboxylic acids is 1. The van der Waals surface area contributed by atoms with E-state index in [0.717, 1.165) is 11.1 Å². The van der Waals surface area contributed by atoms with Gasteiger partial charge in [0.2, 0.25) is 0 Å². The first-order chi connectivity index (χ1) is 9.34. The van der Waals surface area contributed by atoms with Crippen molar-refractivity contribution in [3.63, 3.8) is 0 Å². The van der Waals surface area contributed by atoms with Gasteiger partial charge in [0.1, 0.15) is 6.61 Å². The van der Waals surface area contributed by atoms with Crippen LogP contribution < -0.4 is 0 Å². The van der Waals surface area contributed by atoms with E-state index in [1.54, 1.807) is 0 Å². The lowest BCUT2D eigenvalue weighted by Crippen LogP contribution is -1.98.